The Kier molecular flexibility index (Phi) is 12.7. The van der Waals surface area contributed by atoms with Gasteiger partial charge in [0, 0.05) is 44.1 Å². The van der Waals surface area contributed by atoms with Crippen LogP contribution in [0.2, 0.25) is 0 Å². The van der Waals surface area contributed by atoms with Crippen molar-refractivity contribution in [2.45, 2.75) is 70.0 Å². The first kappa shape index (κ1) is 35.1. The summed E-state index contributed by atoms with van der Waals surface area (Å²) in [7, 11) is 5.11. The second kappa shape index (κ2) is 15.5. The molecule has 1 aliphatic rings. The van der Waals surface area contributed by atoms with Crippen molar-refractivity contribution in [3.8, 4) is 0 Å². The van der Waals surface area contributed by atoms with Gasteiger partial charge < -0.3 is 30.4 Å². The third-order valence-corrected chi connectivity index (χ3v) is 11.1. The van der Waals surface area contributed by atoms with E-state index >= 15 is 0 Å². The Labute approximate surface area is 260 Å². The third kappa shape index (κ3) is 9.78. The number of carbonyl (C=O) groups is 2. The van der Waals surface area contributed by atoms with E-state index < -0.39 is 34.6 Å². The number of amides is 2. The minimum absolute atomic E-state index is 0.0253. The van der Waals surface area contributed by atoms with Gasteiger partial charge in [-0.2, -0.15) is 0 Å². The normalized spacial score (nSPS) is 23.3. The largest absolute Gasteiger partial charge is 0.390 e. The summed E-state index contributed by atoms with van der Waals surface area (Å²) in [5, 5.41) is 33.9. The molecule has 8 nitrogen and oxygen atoms in total. The lowest BCUT2D eigenvalue weighted by molar-refractivity contribution is -0.139. The number of aliphatic hydroxyl groups excluding tert-OH is 3. The van der Waals surface area contributed by atoms with Crippen LogP contribution in [0.4, 0.5) is 0 Å². The molecule has 0 bridgehead atoms. The van der Waals surface area contributed by atoms with Gasteiger partial charge in [-0.1, -0.05) is 42.5 Å². The van der Waals surface area contributed by atoms with Crippen LogP contribution in [0.15, 0.2) is 42.5 Å². The summed E-state index contributed by atoms with van der Waals surface area (Å²) in [6, 6.07) is 14.8. The van der Waals surface area contributed by atoms with Crippen LogP contribution in [0.5, 0.6) is 0 Å². The minimum atomic E-state index is -1.12. The first-order valence-corrected chi connectivity index (χ1v) is 17.3. The highest BCUT2D eigenvalue weighted by Crippen LogP contribution is 2.48. The Morgan fingerprint density at radius 3 is 2.28 bits per heavy atom. The lowest BCUT2D eigenvalue weighted by Crippen LogP contribution is -2.47. The van der Waals surface area contributed by atoms with Crippen LogP contribution < -0.4 is 5.32 Å². The van der Waals surface area contributed by atoms with E-state index in [1.807, 2.05) is 46.0 Å². The number of aryl methyl sites for hydroxylation is 2. The molecule has 9 heteroatoms. The van der Waals surface area contributed by atoms with Gasteiger partial charge in [-0.05, 0) is 88.2 Å². The molecule has 2 amide bonds. The lowest BCUT2D eigenvalue weighted by atomic mass is 9.91. The maximum absolute atomic E-state index is 12.8. The van der Waals surface area contributed by atoms with E-state index in [1.54, 1.807) is 4.90 Å². The quantitative estimate of drug-likeness (QED) is 0.222. The van der Waals surface area contributed by atoms with Crippen LogP contribution in [0, 0.1) is 12.3 Å². The highest BCUT2D eigenvalue weighted by molar-refractivity contribution is 8.16. The van der Waals surface area contributed by atoms with Gasteiger partial charge in [0.25, 0.3) is 0 Å². The average molecular weight is 616 g/mol. The molecule has 0 spiro atoms. The number of carbonyl (C=O) groups excluding carboxylic acids is 2. The molecule has 240 valence electrons. The number of hydrogen-bond donors (Lipinski definition) is 5. The summed E-state index contributed by atoms with van der Waals surface area (Å²) in [5.41, 5.74) is 5.08. The average Bonchev–Trinajstić information content (AvgIpc) is 2.95. The SMILES string of the molecule is Cc1ccc([C@H]2[C@H](O)[C@H](O)[C@H](O)C[SH]2C)cc1Cc1ccc(CCCC(=O)NCC(C)(C)C(=O)N(C)CCN(C)C)cc1. The Balaban J connectivity index is 1.49. The lowest BCUT2D eigenvalue weighted by Gasteiger charge is -2.42. The minimum Gasteiger partial charge on any atom is -0.390 e. The predicted octanol–water partition coefficient (Wildman–Crippen LogP) is 2.84. The van der Waals surface area contributed by atoms with E-state index in [0.717, 1.165) is 31.4 Å². The molecule has 0 aromatic heterocycles. The van der Waals surface area contributed by atoms with Gasteiger partial charge in [0.05, 0.1) is 17.6 Å². The fourth-order valence-corrected chi connectivity index (χ4v) is 8.06. The maximum Gasteiger partial charge on any atom is 0.229 e. The molecular weight excluding hydrogens is 562 g/mol. The standard InChI is InChI=1S/C34H53N3O5S/c1-23-11-16-26(32-31(41)30(40)28(38)21-43(32)7)20-27(23)19-25-14-12-24(13-15-25)9-8-10-29(39)35-22-34(2,3)33(42)37(6)18-17-36(4)5/h11-16,20,28,30-32,38,40-41,43H,8-10,17-19,21-22H2,1-7H3,(H,35,39)/t28-,30-,31-,32+/m1/s1. The van der Waals surface area contributed by atoms with Crippen molar-refractivity contribution >= 4 is 22.7 Å². The van der Waals surface area contributed by atoms with Crippen molar-refractivity contribution in [3.05, 3.63) is 70.3 Å². The highest BCUT2D eigenvalue weighted by atomic mass is 32.2. The molecule has 1 unspecified atom stereocenters. The van der Waals surface area contributed by atoms with E-state index in [1.165, 1.54) is 22.3 Å². The molecule has 3 rings (SSSR count). The fourth-order valence-electron chi connectivity index (χ4n) is 5.66. The van der Waals surface area contributed by atoms with Crippen LogP contribution in [0.1, 0.15) is 59.8 Å². The first-order valence-electron chi connectivity index (χ1n) is 15.3. The molecular formula is C34H53N3O5S. The number of aliphatic hydroxyl groups is 3. The Hall–Kier alpha value is -2.43. The van der Waals surface area contributed by atoms with E-state index in [9.17, 15) is 24.9 Å². The molecule has 1 aliphatic heterocycles. The Morgan fingerprint density at radius 2 is 1.63 bits per heavy atom. The zero-order valence-electron chi connectivity index (χ0n) is 27.0. The van der Waals surface area contributed by atoms with Crippen molar-refractivity contribution in [1.29, 1.82) is 0 Å². The molecule has 0 radical (unpaired) electrons. The van der Waals surface area contributed by atoms with Gasteiger partial charge in [-0.15, -0.1) is 0 Å². The number of hydrogen-bond acceptors (Lipinski definition) is 6. The highest BCUT2D eigenvalue weighted by Gasteiger charge is 2.40. The summed E-state index contributed by atoms with van der Waals surface area (Å²) >= 11 is 0. The monoisotopic (exact) mass is 615 g/mol. The summed E-state index contributed by atoms with van der Waals surface area (Å²) in [6.07, 6.45) is 1.82. The van der Waals surface area contributed by atoms with E-state index in [0.29, 0.717) is 25.3 Å². The Morgan fingerprint density at radius 1 is 0.977 bits per heavy atom. The molecule has 1 fully saturated rings. The second-order valence-electron chi connectivity index (χ2n) is 13.2. The molecule has 2 aromatic carbocycles. The number of likely N-dealkylation sites (N-methyl/N-ethyl adjacent to an activating group) is 2. The van der Waals surface area contributed by atoms with Crippen LogP contribution >= 0.6 is 10.9 Å². The van der Waals surface area contributed by atoms with Crippen LogP contribution in [-0.2, 0) is 22.4 Å². The zero-order chi connectivity index (χ0) is 31.9. The summed E-state index contributed by atoms with van der Waals surface area (Å²) in [5.74, 6) is 0.513. The molecule has 1 saturated heterocycles. The second-order valence-corrected chi connectivity index (χ2v) is 15.6. The van der Waals surface area contributed by atoms with E-state index in [2.05, 4.69) is 54.9 Å². The van der Waals surface area contributed by atoms with Crippen molar-refractivity contribution in [2.24, 2.45) is 5.41 Å². The van der Waals surface area contributed by atoms with Crippen molar-refractivity contribution in [2.75, 3.05) is 52.8 Å². The van der Waals surface area contributed by atoms with Gasteiger partial charge in [0.15, 0.2) is 0 Å². The molecule has 1 heterocycles. The van der Waals surface area contributed by atoms with Crippen LogP contribution in [0.3, 0.4) is 0 Å². The van der Waals surface area contributed by atoms with Crippen LogP contribution in [0.25, 0.3) is 0 Å². The smallest absolute Gasteiger partial charge is 0.229 e. The van der Waals surface area contributed by atoms with Gasteiger partial charge >= 0.3 is 0 Å². The number of nitrogens with one attached hydrogen (secondary N) is 1. The van der Waals surface area contributed by atoms with Gasteiger partial charge in [-0.3, -0.25) is 9.59 Å². The topological polar surface area (TPSA) is 113 Å². The molecule has 0 aliphatic carbocycles. The van der Waals surface area contributed by atoms with Gasteiger partial charge in [-0.25, -0.2) is 10.9 Å². The fraction of sp³-hybridized carbons (Fsp3) is 0.588. The number of benzene rings is 2. The van der Waals surface area contributed by atoms with Gasteiger partial charge in [0.1, 0.15) is 6.10 Å². The molecule has 2 aromatic rings. The summed E-state index contributed by atoms with van der Waals surface area (Å²) < 4.78 is 0. The number of thiol groups is 1. The number of nitrogens with zero attached hydrogens (tertiary/aromatic N) is 2. The molecule has 0 saturated carbocycles. The van der Waals surface area contributed by atoms with Gasteiger partial charge in [0.2, 0.25) is 11.8 Å². The van der Waals surface area contributed by atoms with Crippen LogP contribution in [-0.4, -0.2) is 108 Å². The van der Waals surface area contributed by atoms with Crippen molar-refractivity contribution in [1.82, 2.24) is 15.1 Å². The summed E-state index contributed by atoms with van der Waals surface area (Å²) in [6.45, 7) is 7.59. The molecule has 43 heavy (non-hydrogen) atoms. The predicted molar refractivity (Wildman–Crippen MR) is 177 cm³/mol. The molecule has 4 N–H and O–H groups in total. The molecule has 5 atom stereocenters. The van der Waals surface area contributed by atoms with E-state index in [-0.39, 0.29) is 17.1 Å². The zero-order valence-corrected chi connectivity index (χ0v) is 27.9. The first-order chi connectivity index (χ1) is 20.2. The number of rotatable bonds is 13. The third-order valence-electron chi connectivity index (χ3n) is 8.55. The van der Waals surface area contributed by atoms with Crippen molar-refractivity contribution < 1.29 is 24.9 Å². The van der Waals surface area contributed by atoms with E-state index in [4.69, 9.17) is 0 Å². The summed E-state index contributed by atoms with van der Waals surface area (Å²) in [4.78, 5) is 29.1. The maximum atomic E-state index is 12.8. The van der Waals surface area contributed by atoms with Crippen molar-refractivity contribution in [3.63, 3.8) is 0 Å². The Bertz CT molecular complexity index is 1220.